The molecule has 0 saturated heterocycles. The van der Waals surface area contributed by atoms with E-state index in [4.69, 9.17) is 4.74 Å². The molecule has 0 bridgehead atoms. The maximum Gasteiger partial charge on any atom is 0.330 e. The van der Waals surface area contributed by atoms with E-state index in [1.807, 2.05) is 6.92 Å². The highest BCUT2D eigenvalue weighted by Crippen LogP contribution is 2.11. The van der Waals surface area contributed by atoms with Gasteiger partial charge in [-0.3, -0.25) is 0 Å². The van der Waals surface area contributed by atoms with Crippen LogP contribution in [0.4, 0.5) is 0 Å². The summed E-state index contributed by atoms with van der Waals surface area (Å²) in [6.45, 7) is 1.88. The molecule has 2 N–H and O–H groups in total. The normalized spacial score (nSPS) is 34.1. The van der Waals surface area contributed by atoms with Gasteiger partial charge in [0.15, 0.2) is 0 Å². The number of hydrogen-bond acceptors (Lipinski definition) is 4. The molecule has 4 nitrogen and oxygen atoms in total. The van der Waals surface area contributed by atoms with Crippen molar-refractivity contribution in [2.75, 3.05) is 0 Å². The van der Waals surface area contributed by atoms with Gasteiger partial charge in [0, 0.05) is 6.08 Å². The van der Waals surface area contributed by atoms with Gasteiger partial charge in [-0.05, 0) is 57.9 Å². The Morgan fingerprint density at radius 1 is 1.10 bits per heavy atom. The zero-order valence-corrected chi connectivity index (χ0v) is 12.2. The third-order valence-corrected chi connectivity index (χ3v) is 3.38. The number of carbonyl (C=O) groups excluding carboxylic acids is 1. The Morgan fingerprint density at radius 2 is 1.85 bits per heavy atom. The Bertz CT molecular complexity index is 335. The number of rotatable bonds is 0. The first-order valence-corrected chi connectivity index (χ1v) is 7.48. The van der Waals surface area contributed by atoms with Crippen LogP contribution >= 0.6 is 0 Å². The van der Waals surface area contributed by atoms with E-state index in [0.717, 1.165) is 25.7 Å². The number of carbonyl (C=O) groups is 1. The SMILES string of the molecule is C[C@H]1CCC/C=C/CC[C@H](O)CC[C@H](O)/C=C/C(=O)O1. The van der Waals surface area contributed by atoms with Gasteiger partial charge in [0.1, 0.15) is 0 Å². The van der Waals surface area contributed by atoms with Crippen molar-refractivity contribution in [3.05, 3.63) is 24.3 Å². The van der Waals surface area contributed by atoms with Gasteiger partial charge in [0.25, 0.3) is 0 Å². The molecule has 3 atom stereocenters. The molecule has 20 heavy (non-hydrogen) atoms. The van der Waals surface area contributed by atoms with Gasteiger partial charge in [0.2, 0.25) is 0 Å². The molecule has 0 radical (unpaired) electrons. The molecule has 0 aromatic carbocycles. The minimum absolute atomic E-state index is 0.104. The summed E-state index contributed by atoms with van der Waals surface area (Å²) >= 11 is 0. The number of esters is 1. The zero-order valence-electron chi connectivity index (χ0n) is 12.2. The largest absolute Gasteiger partial charge is 0.460 e. The van der Waals surface area contributed by atoms with Crippen LogP contribution in [-0.4, -0.2) is 34.5 Å². The molecular weight excluding hydrogens is 256 g/mol. The number of hydrogen-bond donors (Lipinski definition) is 2. The van der Waals surface area contributed by atoms with Crippen LogP contribution in [0.15, 0.2) is 24.3 Å². The molecule has 0 saturated carbocycles. The summed E-state index contributed by atoms with van der Waals surface area (Å²) in [4.78, 5) is 11.5. The molecule has 0 unspecified atom stereocenters. The standard InChI is InChI=1S/C16H26O4/c1-13-7-5-3-2-4-6-8-14(17)9-10-15(18)11-12-16(19)20-13/h2,4,11-15,17-18H,3,5-10H2,1H3/b4-2+,12-11+/t13-,14-,15-/m0/s1. The van der Waals surface area contributed by atoms with E-state index in [2.05, 4.69) is 12.2 Å². The summed E-state index contributed by atoms with van der Waals surface area (Å²) in [7, 11) is 0. The van der Waals surface area contributed by atoms with E-state index in [1.165, 1.54) is 12.2 Å². The Balaban J connectivity index is 2.52. The van der Waals surface area contributed by atoms with E-state index in [1.54, 1.807) is 0 Å². The van der Waals surface area contributed by atoms with E-state index >= 15 is 0 Å². The van der Waals surface area contributed by atoms with E-state index in [9.17, 15) is 15.0 Å². The molecule has 0 aromatic rings. The summed E-state index contributed by atoms with van der Waals surface area (Å²) in [5.74, 6) is -0.417. The molecule has 1 rings (SSSR count). The van der Waals surface area contributed by atoms with Gasteiger partial charge < -0.3 is 14.9 Å². The van der Waals surface area contributed by atoms with Gasteiger partial charge in [0.05, 0.1) is 18.3 Å². The highest BCUT2D eigenvalue weighted by Gasteiger charge is 2.09. The van der Waals surface area contributed by atoms with Crippen LogP contribution in [0.25, 0.3) is 0 Å². The Morgan fingerprint density at radius 3 is 2.65 bits per heavy atom. The molecule has 0 fully saturated rings. The van der Waals surface area contributed by atoms with Crippen molar-refractivity contribution in [2.45, 2.75) is 70.2 Å². The monoisotopic (exact) mass is 282 g/mol. The summed E-state index contributed by atoms with van der Waals surface area (Å²) in [6, 6.07) is 0. The van der Waals surface area contributed by atoms with E-state index in [-0.39, 0.29) is 6.10 Å². The van der Waals surface area contributed by atoms with Crippen molar-refractivity contribution < 1.29 is 19.7 Å². The minimum Gasteiger partial charge on any atom is -0.460 e. The second-order valence-electron chi connectivity index (χ2n) is 5.38. The quantitative estimate of drug-likeness (QED) is 0.529. The fourth-order valence-electron chi connectivity index (χ4n) is 2.14. The molecule has 1 heterocycles. The summed E-state index contributed by atoms with van der Waals surface area (Å²) < 4.78 is 5.21. The second-order valence-corrected chi connectivity index (χ2v) is 5.38. The van der Waals surface area contributed by atoms with Crippen LogP contribution in [-0.2, 0) is 9.53 Å². The third kappa shape index (κ3) is 8.12. The van der Waals surface area contributed by atoms with Crippen molar-refractivity contribution in [1.29, 1.82) is 0 Å². The first kappa shape index (κ1) is 16.9. The predicted octanol–water partition coefficient (Wildman–Crippen LogP) is 2.50. The highest BCUT2D eigenvalue weighted by atomic mass is 16.5. The Kier molecular flexibility index (Phi) is 8.23. The third-order valence-electron chi connectivity index (χ3n) is 3.38. The first-order valence-electron chi connectivity index (χ1n) is 7.48. The van der Waals surface area contributed by atoms with Crippen LogP contribution in [0, 0.1) is 0 Å². The van der Waals surface area contributed by atoms with Crippen molar-refractivity contribution in [3.8, 4) is 0 Å². The molecular formula is C16H26O4. The molecule has 0 aromatic heterocycles. The second kappa shape index (κ2) is 9.72. The summed E-state index contributed by atoms with van der Waals surface area (Å²) in [6.07, 6.45) is 11.0. The molecule has 0 amide bonds. The zero-order chi connectivity index (χ0) is 14.8. The van der Waals surface area contributed by atoms with Crippen LogP contribution in [0.1, 0.15) is 51.9 Å². The molecule has 0 aliphatic carbocycles. The average molecular weight is 282 g/mol. The maximum atomic E-state index is 11.5. The molecule has 114 valence electrons. The number of cyclic esters (lactones) is 1. The van der Waals surface area contributed by atoms with Crippen LogP contribution in [0.2, 0.25) is 0 Å². The van der Waals surface area contributed by atoms with Gasteiger partial charge in [-0.25, -0.2) is 4.79 Å². The lowest BCUT2D eigenvalue weighted by molar-refractivity contribution is -0.142. The predicted molar refractivity (Wildman–Crippen MR) is 78.2 cm³/mol. The van der Waals surface area contributed by atoms with E-state index in [0.29, 0.717) is 19.3 Å². The number of aliphatic hydroxyl groups excluding tert-OH is 2. The van der Waals surface area contributed by atoms with Gasteiger partial charge in [-0.15, -0.1) is 0 Å². The average Bonchev–Trinajstić information content (AvgIpc) is 2.40. The first-order chi connectivity index (χ1) is 9.58. The molecule has 4 heteroatoms. The summed E-state index contributed by atoms with van der Waals surface area (Å²) in [5, 5.41) is 19.5. The van der Waals surface area contributed by atoms with Crippen LogP contribution < -0.4 is 0 Å². The maximum absolute atomic E-state index is 11.5. The van der Waals surface area contributed by atoms with Gasteiger partial charge in [-0.2, -0.15) is 0 Å². The minimum atomic E-state index is -0.712. The fourth-order valence-corrected chi connectivity index (χ4v) is 2.14. The number of allylic oxidation sites excluding steroid dienone is 2. The Labute approximate surface area is 121 Å². The topological polar surface area (TPSA) is 66.8 Å². The number of aliphatic hydroxyl groups is 2. The highest BCUT2D eigenvalue weighted by molar-refractivity contribution is 5.82. The Hall–Kier alpha value is -1.13. The molecule has 0 spiro atoms. The lowest BCUT2D eigenvalue weighted by atomic mass is 10.0. The summed E-state index contributed by atoms with van der Waals surface area (Å²) in [5.41, 5.74) is 0. The number of ether oxygens (including phenoxy) is 1. The van der Waals surface area contributed by atoms with Crippen molar-refractivity contribution >= 4 is 5.97 Å². The lowest BCUT2D eigenvalue weighted by Crippen LogP contribution is -2.14. The van der Waals surface area contributed by atoms with Gasteiger partial charge in [-0.1, -0.05) is 12.2 Å². The molecule has 1 aliphatic heterocycles. The van der Waals surface area contributed by atoms with Gasteiger partial charge >= 0.3 is 5.97 Å². The van der Waals surface area contributed by atoms with E-state index < -0.39 is 18.2 Å². The van der Waals surface area contributed by atoms with Crippen molar-refractivity contribution in [1.82, 2.24) is 0 Å². The molecule has 1 aliphatic rings. The van der Waals surface area contributed by atoms with Crippen LogP contribution in [0.3, 0.4) is 0 Å². The smallest absolute Gasteiger partial charge is 0.330 e. The lowest BCUT2D eigenvalue weighted by Gasteiger charge is -2.13. The van der Waals surface area contributed by atoms with Crippen molar-refractivity contribution in [2.24, 2.45) is 0 Å². The van der Waals surface area contributed by atoms with Crippen molar-refractivity contribution in [3.63, 3.8) is 0 Å². The van der Waals surface area contributed by atoms with Crippen LogP contribution in [0.5, 0.6) is 0 Å². The fraction of sp³-hybridized carbons (Fsp3) is 0.688.